The van der Waals surface area contributed by atoms with Crippen molar-refractivity contribution in [3.8, 4) is 11.5 Å². The van der Waals surface area contributed by atoms with Gasteiger partial charge in [-0.25, -0.2) is 4.99 Å². The van der Waals surface area contributed by atoms with E-state index in [0.717, 1.165) is 24.3 Å². The lowest BCUT2D eigenvalue weighted by molar-refractivity contribution is -0.113. The molecule has 9 heteroatoms. The van der Waals surface area contributed by atoms with Crippen molar-refractivity contribution in [3.63, 3.8) is 0 Å². The van der Waals surface area contributed by atoms with Gasteiger partial charge < -0.3 is 20.1 Å². The van der Waals surface area contributed by atoms with Gasteiger partial charge in [0, 0.05) is 36.1 Å². The van der Waals surface area contributed by atoms with Gasteiger partial charge in [-0.1, -0.05) is 41.7 Å². The summed E-state index contributed by atoms with van der Waals surface area (Å²) in [4.78, 5) is 34.9. The first-order chi connectivity index (χ1) is 19.8. The predicted molar refractivity (Wildman–Crippen MR) is 163 cm³/mol. The number of aromatic nitrogens is 1. The Balaban J connectivity index is 1.63. The molecule has 0 unspecified atom stereocenters. The summed E-state index contributed by atoms with van der Waals surface area (Å²) in [6.07, 6.45) is 1.68. The fourth-order valence-corrected chi connectivity index (χ4v) is 6.05. The van der Waals surface area contributed by atoms with E-state index in [1.165, 1.54) is 11.3 Å². The largest absolute Gasteiger partial charge is 0.507 e. The highest BCUT2D eigenvalue weighted by Crippen LogP contribution is 2.32. The fourth-order valence-electron chi connectivity index (χ4n) is 5.01. The van der Waals surface area contributed by atoms with Crippen LogP contribution in [0.2, 0.25) is 0 Å². The SMILES string of the molecule is CCN(CC)c1ccc(/C=c2/sc3n(c2=O)[C@@H](c2ccc(OC)cc2)C(C(=O)Nc2ccccc2)=C(C)N=3)c(O)c1. The highest BCUT2D eigenvalue weighted by atomic mass is 32.1. The van der Waals surface area contributed by atoms with Crippen LogP contribution in [0.25, 0.3) is 6.08 Å². The average molecular weight is 569 g/mol. The smallest absolute Gasteiger partial charge is 0.271 e. The molecule has 210 valence electrons. The zero-order valence-corrected chi connectivity index (χ0v) is 24.2. The number of carbonyl (C=O) groups excluding carboxylic acids is 1. The molecule has 1 aliphatic heterocycles. The van der Waals surface area contributed by atoms with Crippen LogP contribution in [-0.4, -0.2) is 35.8 Å². The molecule has 0 saturated heterocycles. The maximum Gasteiger partial charge on any atom is 0.271 e. The normalized spacial score (nSPS) is 14.8. The van der Waals surface area contributed by atoms with Gasteiger partial charge in [-0.3, -0.25) is 14.2 Å². The predicted octanol–water partition coefficient (Wildman–Crippen LogP) is 4.43. The van der Waals surface area contributed by atoms with E-state index < -0.39 is 6.04 Å². The Labute approximate surface area is 242 Å². The number of carbonyl (C=O) groups is 1. The molecule has 4 aromatic rings. The van der Waals surface area contributed by atoms with E-state index >= 15 is 0 Å². The van der Waals surface area contributed by atoms with Gasteiger partial charge in [0.2, 0.25) is 0 Å². The third-order valence-electron chi connectivity index (χ3n) is 7.16. The number of nitrogens with zero attached hydrogens (tertiary/aromatic N) is 3. The van der Waals surface area contributed by atoms with Crippen LogP contribution in [-0.2, 0) is 4.79 Å². The van der Waals surface area contributed by atoms with E-state index in [2.05, 4.69) is 24.1 Å². The maximum absolute atomic E-state index is 14.0. The second kappa shape index (κ2) is 11.9. The van der Waals surface area contributed by atoms with E-state index in [1.807, 2.05) is 66.7 Å². The molecule has 1 aromatic heterocycles. The first-order valence-electron chi connectivity index (χ1n) is 13.5. The quantitative estimate of drug-likeness (QED) is 0.328. The summed E-state index contributed by atoms with van der Waals surface area (Å²) >= 11 is 1.23. The highest BCUT2D eigenvalue weighted by Gasteiger charge is 2.32. The monoisotopic (exact) mass is 568 g/mol. The molecule has 2 N–H and O–H groups in total. The Morgan fingerprint density at radius 2 is 1.80 bits per heavy atom. The minimum atomic E-state index is -0.707. The van der Waals surface area contributed by atoms with Crippen molar-refractivity contribution in [2.24, 2.45) is 4.99 Å². The molecule has 0 saturated carbocycles. The fraction of sp³-hybridized carbons (Fsp3) is 0.219. The van der Waals surface area contributed by atoms with Crippen LogP contribution >= 0.6 is 11.3 Å². The summed E-state index contributed by atoms with van der Waals surface area (Å²) in [5.41, 5.74) is 3.45. The van der Waals surface area contributed by atoms with Crippen LogP contribution in [0.1, 0.15) is 37.9 Å². The number of ether oxygens (including phenoxy) is 1. The van der Waals surface area contributed by atoms with Crippen molar-refractivity contribution in [1.29, 1.82) is 0 Å². The average Bonchev–Trinajstić information content (AvgIpc) is 3.28. The number of rotatable bonds is 8. The van der Waals surface area contributed by atoms with Crippen LogP contribution in [0.5, 0.6) is 11.5 Å². The molecular weight excluding hydrogens is 536 g/mol. The summed E-state index contributed by atoms with van der Waals surface area (Å²) in [5, 5.41) is 13.8. The van der Waals surface area contributed by atoms with Gasteiger partial charge in [0.1, 0.15) is 11.5 Å². The van der Waals surface area contributed by atoms with Crippen molar-refractivity contribution in [2.75, 3.05) is 30.4 Å². The van der Waals surface area contributed by atoms with Gasteiger partial charge in [0.15, 0.2) is 4.80 Å². The number of amides is 1. The van der Waals surface area contributed by atoms with Gasteiger partial charge in [-0.15, -0.1) is 0 Å². The minimum Gasteiger partial charge on any atom is -0.507 e. The van der Waals surface area contributed by atoms with E-state index in [9.17, 15) is 14.7 Å². The van der Waals surface area contributed by atoms with Gasteiger partial charge in [0.25, 0.3) is 11.5 Å². The first-order valence-corrected chi connectivity index (χ1v) is 14.3. The minimum absolute atomic E-state index is 0.0889. The standard InChI is InChI=1S/C32H32N4O4S/c1-5-35(6-2)24-15-12-22(26(37)19-24)18-27-31(39)36-29(21-13-16-25(40-4)17-14-21)28(20(3)33-32(36)41-27)30(38)34-23-10-8-7-9-11-23/h7-19,29,37H,5-6H2,1-4H3,(H,34,38)/b27-18+/t29-/m0/s1. The van der Waals surface area contributed by atoms with Crippen molar-refractivity contribution in [3.05, 3.63) is 115 Å². The molecule has 0 fully saturated rings. The molecule has 5 rings (SSSR count). The van der Waals surface area contributed by atoms with Crippen molar-refractivity contribution >= 4 is 34.7 Å². The second-order valence-electron chi connectivity index (χ2n) is 9.59. The number of methoxy groups -OCH3 is 1. The topological polar surface area (TPSA) is 96.2 Å². The molecule has 1 aliphatic rings. The number of hydrogen-bond acceptors (Lipinski definition) is 7. The van der Waals surface area contributed by atoms with E-state index in [-0.39, 0.29) is 17.2 Å². The van der Waals surface area contributed by atoms with Crippen molar-refractivity contribution in [2.45, 2.75) is 26.8 Å². The zero-order chi connectivity index (χ0) is 29.1. The number of phenols is 1. The molecule has 0 bridgehead atoms. The van der Waals surface area contributed by atoms with Crippen molar-refractivity contribution < 1.29 is 14.6 Å². The lowest BCUT2D eigenvalue weighted by Crippen LogP contribution is -2.40. The summed E-state index contributed by atoms with van der Waals surface area (Å²) < 4.78 is 7.31. The van der Waals surface area contributed by atoms with Gasteiger partial charge in [-0.2, -0.15) is 0 Å². The molecule has 8 nitrogen and oxygen atoms in total. The van der Waals surface area contributed by atoms with Crippen LogP contribution in [0.15, 0.2) is 93.9 Å². The van der Waals surface area contributed by atoms with Crippen LogP contribution < -0.4 is 29.8 Å². The number of allylic oxidation sites excluding steroid dienone is 1. The molecule has 0 radical (unpaired) electrons. The van der Waals surface area contributed by atoms with Gasteiger partial charge >= 0.3 is 0 Å². The maximum atomic E-state index is 14.0. The van der Waals surface area contributed by atoms with Crippen LogP contribution in [0.3, 0.4) is 0 Å². The Kier molecular flexibility index (Phi) is 8.07. The lowest BCUT2D eigenvalue weighted by atomic mass is 9.95. The molecule has 1 amide bonds. The third kappa shape index (κ3) is 5.53. The second-order valence-corrected chi connectivity index (χ2v) is 10.6. The van der Waals surface area contributed by atoms with E-state index in [0.29, 0.717) is 37.6 Å². The number of nitrogens with one attached hydrogen (secondary N) is 1. The number of para-hydroxylation sites is 1. The first kappa shape index (κ1) is 27.9. The number of anilines is 2. The molecule has 41 heavy (non-hydrogen) atoms. The molecule has 0 aliphatic carbocycles. The Morgan fingerprint density at radius 3 is 2.44 bits per heavy atom. The number of phenolic OH excluding ortho intramolecular Hbond substituents is 1. The summed E-state index contributed by atoms with van der Waals surface area (Å²) in [5.74, 6) is 0.420. The van der Waals surface area contributed by atoms with Gasteiger partial charge in [0.05, 0.1) is 29.0 Å². The van der Waals surface area contributed by atoms with Crippen LogP contribution in [0.4, 0.5) is 11.4 Å². The molecule has 0 spiro atoms. The number of aromatic hydroxyl groups is 1. The highest BCUT2D eigenvalue weighted by molar-refractivity contribution is 7.07. The summed E-state index contributed by atoms with van der Waals surface area (Å²) in [7, 11) is 1.59. The lowest BCUT2D eigenvalue weighted by Gasteiger charge is -2.25. The van der Waals surface area contributed by atoms with Crippen LogP contribution in [0, 0.1) is 0 Å². The molecular formula is C32H32N4O4S. The number of hydrogen-bond donors (Lipinski definition) is 2. The van der Waals surface area contributed by atoms with Gasteiger partial charge in [-0.05, 0) is 68.8 Å². The molecule has 1 atom stereocenters. The van der Waals surface area contributed by atoms with E-state index in [1.54, 1.807) is 30.7 Å². The molecule has 3 aromatic carbocycles. The third-order valence-corrected chi connectivity index (χ3v) is 8.14. The zero-order valence-electron chi connectivity index (χ0n) is 23.4. The van der Waals surface area contributed by atoms with Crippen molar-refractivity contribution in [1.82, 2.24) is 4.57 Å². The Hall–Kier alpha value is -4.63. The number of benzene rings is 3. The summed E-state index contributed by atoms with van der Waals surface area (Å²) in [6, 6.07) is 21.3. The molecule has 2 heterocycles. The Morgan fingerprint density at radius 1 is 1.10 bits per heavy atom. The summed E-state index contributed by atoms with van der Waals surface area (Å²) in [6.45, 7) is 7.54. The van der Waals surface area contributed by atoms with E-state index in [4.69, 9.17) is 9.73 Å². The number of fused-ring (bicyclic) bond motifs is 1. The Bertz CT molecular complexity index is 1790. The number of thiazole rings is 1.